The quantitative estimate of drug-likeness (QED) is 0.287. The molecular formula is C22H22F7N3O4. The average molecular weight is 525 g/mol. The van der Waals surface area contributed by atoms with E-state index < -0.39 is 35.7 Å². The Hall–Kier alpha value is -3.55. The number of ether oxygens (including phenoxy) is 2. The van der Waals surface area contributed by atoms with Gasteiger partial charge in [-0.2, -0.15) is 26.3 Å². The van der Waals surface area contributed by atoms with E-state index in [0.717, 1.165) is 13.8 Å². The summed E-state index contributed by atoms with van der Waals surface area (Å²) in [5.41, 5.74) is -7.38. The van der Waals surface area contributed by atoms with Crippen molar-refractivity contribution in [3.05, 3.63) is 53.1 Å². The molecule has 3 amide bonds. The predicted molar refractivity (Wildman–Crippen MR) is 117 cm³/mol. The smallest absolute Gasteiger partial charge is 0.435 e. The molecule has 0 unspecified atom stereocenters. The van der Waals surface area contributed by atoms with Crippen LogP contribution in [0.5, 0.6) is 0 Å². The number of benzene rings is 2. The van der Waals surface area contributed by atoms with Gasteiger partial charge in [-0.15, -0.1) is 0 Å². The minimum absolute atomic E-state index is 0.00956. The number of hydrogen-bond acceptors (Lipinski definition) is 4. The van der Waals surface area contributed by atoms with E-state index in [4.69, 9.17) is 9.47 Å². The molecule has 0 radical (unpaired) electrons. The van der Waals surface area contributed by atoms with Gasteiger partial charge in [-0.25, -0.2) is 14.0 Å². The number of anilines is 3. The van der Waals surface area contributed by atoms with E-state index in [0.29, 0.717) is 12.1 Å². The van der Waals surface area contributed by atoms with Crippen molar-refractivity contribution in [2.75, 3.05) is 36.3 Å². The van der Waals surface area contributed by atoms with E-state index in [2.05, 4.69) is 16.0 Å². The Kier molecular flexibility index (Phi) is 8.78. The Bertz CT molecular complexity index is 1070. The molecule has 0 aliphatic rings. The molecule has 198 valence electrons. The molecule has 0 aliphatic carbocycles. The van der Waals surface area contributed by atoms with E-state index in [1.807, 2.05) is 0 Å². The molecule has 2 rings (SSSR count). The second-order valence-electron chi connectivity index (χ2n) is 7.55. The second-order valence-corrected chi connectivity index (χ2v) is 7.55. The molecule has 14 heteroatoms. The molecule has 0 aromatic heterocycles. The molecule has 3 N–H and O–H groups in total. The van der Waals surface area contributed by atoms with Gasteiger partial charge >= 0.3 is 30.1 Å². The number of carbonyl (C=O) groups excluding carboxylic acids is 2. The van der Waals surface area contributed by atoms with Crippen LogP contribution >= 0.6 is 0 Å². The van der Waals surface area contributed by atoms with Crippen molar-refractivity contribution in [2.24, 2.45) is 0 Å². The summed E-state index contributed by atoms with van der Waals surface area (Å²) in [5, 5.41) is 7.14. The first kappa shape index (κ1) is 28.7. The first-order valence-electron chi connectivity index (χ1n) is 10.1. The van der Waals surface area contributed by atoms with Gasteiger partial charge in [0.15, 0.2) is 0 Å². The molecular weight excluding hydrogens is 503 g/mol. The number of alkyl halides is 7. The van der Waals surface area contributed by atoms with Crippen LogP contribution in [0.2, 0.25) is 0 Å². The Labute approximate surface area is 200 Å². The van der Waals surface area contributed by atoms with Crippen molar-refractivity contribution in [3.8, 4) is 0 Å². The van der Waals surface area contributed by atoms with Crippen LogP contribution in [0, 0.1) is 13.8 Å². The fourth-order valence-corrected chi connectivity index (χ4v) is 3.17. The zero-order valence-corrected chi connectivity index (χ0v) is 19.2. The highest BCUT2D eigenvalue weighted by Gasteiger charge is 2.73. The highest BCUT2D eigenvalue weighted by atomic mass is 19.4. The van der Waals surface area contributed by atoms with Gasteiger partial charge in [0, 0.05) is 29.7 Å². The maximum absolute atomic E-state index is 14.4. The van der Waals surface area contributed by atoms with Gasteiger partial charge in [0.2, 0.25) is 0 Å². The molecule has 7 nitrogen and oxygen atoms in total. The summed E-state index contributed by atoms with van der Waals surface area (Å²) < 4.78 is 102. The van der Waals surface area contributed by atoms with Crippen molar-refractivity contribution in [3.63, 3.8) is 0 Å². The fourth-order valence-electron chi connectivity index (χ4n) is 3.17. The van der Waals surface area contributed by atoms with E-state index in [9.17, 15) is 40.3 Å². The van der Waals surface area contributed by atoms with Crippen molar-refractivity contribution >= 4 is 29.2 Å². The molecule has 0 bridgehead atoms. The number of nitrogens with one attached hydrogen (secondary N) is 3. The van der Waals surface area contributed by atoms with Gasteiger partial charge in [0.1, 0.15) is 6.61 Å². The van der Waals surface area contributed by atoms with Gasteiger partial charge in [-0.3, -0.25) is 5.32 Å². The monoisotopic (exact) mass is 525 g/mol. The Morgan fingerprint density at radius 2 is 1.33 bits per heavy atom. The van der Waals surface area contributed by atoms with Crippen LogP contribution in [0.15, 0.2) is 36.4 Å². The molecule has 0 saturated carbocycles. The molecule has 2 aromatic carbocycles. The van der Waals surface area contributed by atoms with E-state index >= 15 is 0 Å². The average Bonchev–Trinajstić information content (AvgIpc) is 2.74. The summed E-state index contributed by atoms with van der Waals surface area (Å²) in [6.45, 7) is 2.45. The minimum atomic E-state index is -6.26. The summed E-state index contributed by atoms with van der Waals surface area (Å²) in [5.74, 6) is 0. The van der Waals surface area contributed by atoms with Crippen LogP contribution < -0.4 is 16.0 Å². The van der Waals surface area contributed by atoms with Crippen molar-refractivity contribution in [1.82, 2.24) is 0 Å². The molecule has 2 aromatic rings. The third kappa shape index (κ3) is 6.56. The number of halogens is 7. The number of amides is 3. The van der Waals surface area contributed by atoms with Gasteiger partial charge in [-0.05, 0) is 43.2 Å². The first-order valence-corrected chi connectivity index (χ1v) is 10.1. The number of carbonyl (C=O) groups is 2. The summed E-state index contributed by atoms with van der Waals surface area (Å²) in [4.78, 5) is 24.1. The maximum atomic E-state index is 14.4. The number of methoxy groups -OCH3 is 1. The van der Waals surface area contributed by atoms with Crippen LogP contribution in [-0.2, 0) is 15.1 Å². The van der Waals surface area contributed by atoms with E-state index in [1.165, 1.54) is 31.4 Å². The Morgan fingerprint density at radius 3 is 1.83 bits per heavy atom. The lowest BCUT2D eigenvalue weighted by Crippen LogP contribution is -2.50. The summed E-state index contributed by atoms with van der Waals surface area (Å²) in [6.07, 6.45) is -13.3. The SMILES string of the molecule is COCCOC(=O)Nc1cccc(NC(=O)Nc2c(C)cc(C(F)(C(F)(F)F)C(F)(F)F)cc2C)c1. The van der Waals surface area contributed by atoms with Gasteiger partial charge in [0.05, 0.1) is 6.61 Å². The zero-order valence-electron chi connectivity index (χ0n) is 19.2. The van der Waals surface area contributed by atoms with Crippen LogP contribution in [0.1, 0.15) is 16.7 Å². The Balaban J connectivity index is 2.19. The number of urea groups is 1. The largest absolute Gasteiger partial charge is 0.447 e. The van der Waals surface area contributed by atoms with E-state index in [-0.39, 0.29) is 41.4 Å². The molecule has 0 heterocycles. The third-order valence-electron chi connectivity index (χ3n) is 4.84. The van der Waals surface area contributed by atoms with Crippen molar-refractivity contribution < 1.29 is 49.8 Å². The third-order valence-corrected chi connectivity index (χ3v) is 4.84. The topological polar surface area (TPSA) is 88.7 Å². The Morgan fingerprint density at radius 1 is 0.806 bits per heavy atom. The molecule has 0 aliphatic heterocycles. The van der Waals surface area contributed by atoms with Crippen LogP contribution in [-0.4, -0.2) is 44.8 Å². The number of aryl methyl sites for hydroxylation is 2. The normalized spacial score (nSPS) is 12.2. The van der Waals surface area contributed by atoms with Crippen LogP contribution in [0.4, 0.5) is 57.4 Å². The van der Waals surface area contributed by atoms with Crippen LogP contribution in [0.25, 0.3) is 0 Å². The lowest BCUT2D eigenvalue weighted by atomic mass is 9.90. The summed E-state index contributed by atoms with van der Waals surface area (Å²) in [6, 6.07) is 5.66. The van der Waals surface area contributed by atoms with Gasteiger partial charge in [0.25, 0.3) is 0 Å². The van der Waals surface area contributed by atoms with Crippen molar-refractivity contribution in [1.29, 1.82) is 0 Å². The predicted octanol–water partition coefficient (Wildman–Crippen LogP) is 6.43. The molecule has 0 spiro atoms. The lowest BCUT2D eigenvalue weighted by Gasteiger charge is -2.31. The summed E-state index contributed by atoms with van der Waals surface area (Å²) >= 11 is 0. The highest BCUT2D eigenvalue weighted by molar-refractivity contribution is 6.01. The fraction of sp³-hybridized carbons (Fsp3) is 0.364. The van der Waals surface area contributed by atoms with E-state index in [1.54, 1.807) is 0 Å². The first-order chi connectivity index (χ1) is 16.6. The number of rotatable bonds is 7. The molecule has 0 atom stereocenters. The molecule has 0 fully saturated rings. The highest BCUT2D eigenvalue weighted by Crippen LogP contribution is 2.53. The second kappa shape index (κ2) is 11.0. The van der Waals surface area contributed by atoms with Gasteiger partial charge < -0.3 is 20.1 Å². The van der Waals surface area contributed by atoms with Gasteiger partial charge in [-0.1, -0.05) is 18.2 Å². The molecule has 36 heavy (non-hydrogen) atoms. The molecule has 0 saturated heterocycles. The van der Waals surface area contributed by atoms with Crippen LogP contribution in [0.3, 0.4) is 0 Å². The maximum Gasteiger partial charge on any atom is 0.435 e. The summed E-state index contributed by atoms with van der Waals surface area (Å²) in [7, 11) is 1.43. The minimum Gasteiger partial charge on any atom is -0.447 e. The van der Waals surface area contributed by atoms with Crippen molar-refractivity contribution in [2.45, 2.75) is 31.9 Å². The standard InChI is InChI=1S/C22H22F7N3O4/c1-12-9-14(20(23,21(24,25)26)22(27,28)29)10-13(2)17(12)32-18(33)30-15-5-4-6-16(11-15)31-19(34)36-8-7-35-3/h4-6,9-11H,7-8H2,1-3H3,(H,31,34)(H2,30,32,33). The zero-order chi connectivity index (χ0) is 27.3. The lowest BCUT2D eigenvalue weighted by molar-refractivity contribution is -0.348. The number of hydrogen-bond donors (Lipinski definition) is 3.